The third kappa shape index (κ3) is 4.57. The number of carbonyl (C=O) groups is 1. The molecule has 0 radical (unpaired) electrons. The van der Waals surface area contributed by atoms with E-state index in [0.29, 0.717) is 25.6 Å². The molecule has 1 aromatic rings. The van der Waals surface area contributed by atoms with Crippen molar-refractivity contribution in [3.05, 3.63) is 35.9 Å². The Bertz CT molecular complexity index is 483. The Kier molecular flexibility index (Phi) is 6.64. The van der Waals surface area contributed by atoms with Gasteiger partial charge in [-0.2, -0.15) is 0 Å². The minimum absolute atomic E-state index is 0.0256. The molecule has 128 valence electrons. The van der Waals surface area contributed by atoms with E-state index >= 15 is 0 Å². The maximum absolute atomic E-state index is 12.9. The van der Waals surface area contributed by atoms with Crippen molar-refractivity contribution in [2.75, 3.05) is 13.2 Å². The second-order valence-corrected chi connectivity index (χ2v) is 7.06. The van der Waals surface area contributed by atoms with E-state index in [9.17, 15) is 4.79 Å². The first kappa shape index (κ1) is 18.0. The number of ether oxygens (including phenoxy) is 2. The highest BCUT2D eigenvalue weighted by Gasteiger charge is 2.51. The number of carbonyl (C=O) groups excluding carboxylic acids is 1. The van der Waals surface area contributed by atoms with Crippen LogP contribution in [0.25, 0.3) is 0 Å². The maximum Gasteiger partial charge on any atom is 0.315 e. The molecule has 0 aromatic heterocycles. The third-order valence-corrected chi connectivity index (χ3v) is 4.55. The van der Waals surface area contributed by atoms with Gasteiger partial charge in [0.25, 0.3) is 0 Å². The van der Waals surface area contributed by atoms with Crippen LogP contribution in [0.5, 0.6) is 0 Å². The molecule has 1 fully saturated rings. The van der Waals surface area contributed by atoms with Crippen LogP contribution < -0.4 is 0 Å². The average molecular weight is 318 g/mol. The summed E-state index contributed by atoms with van der Waals surface area (Å²) < 4.78 is 11.7. The van der Waals surface area contributed by atoms with Crippen LogP contribution in [0, 0.1) is 11.3 Å². The zero-order valence-corrected chi connectivity index (χ0v) is 14.7. The van der Waals surface area contributed by atoms with Gasteiger partial charge in [0.1, 0.15) is 0 Å². The smallest absolute Gasteiger partial charge is 0.315 e. The van der Waals surface area contributed by atoms with Crippen molar-refractivity contribution in [2.45, 2.75) is 59.0 Å². The van der Waals surface area contributed by atoms with Gasteiger partial charge in [-0.1, -0.05) is 51.1 Å². The van der Waals surface area contributed by atoms with Crippen LogP contribution in [0.15, 0.2) is 30.3 Å². The Labute approximate surface area is 140 Å². The lowest BCUT2D eigenvalue weighted by molar-refractivity contribution is -0.165. The molecule has 2 unspecified atom stereocenters. The quantitative estimate of drug-likeness (QED) is 0.667. The molecule has 1 saturated carbocycles. The highest BCUT2D eigenvalue weighted by Crippen LogP contribution is 2.44. The van der Waals surface area contributed by atoms with E-state index in [2.05, 4.69) is 32.9 Å². The number of rotatable bonds is 8. The van der Waals surface area contributed by atoms with Crippen LogP contribution >= 0.6 is 0 Å². The highest BCUT2D eigenvalue weighted by molar-refractivity contribution is 5.78. The minimum atomic E-state index is -0.522. The first-order valence-corrected chi connectivity index (χ1v) is 8.91. The van der Waals surface area contributed by atoms with Gasteiger partial charge in [-0.3, -0.25) is 4.79 Å². The van der Waals surface area contributed by atoms with Gasteiger partial charge >= 0.3 is 5.97 Å². The summed E-state index contributed by atoms with van der Waals surface area (Å²) in [6, 6.07) is 10.2. The first-order chi connectivity index (χ1) is 11.1. The molecule has 0 N–H and O–H groups in total. The van der Waals surface area contributed by atoms with Gasteiger partial charge in [0, 0.05) is 6.61 Å². The van der Waals surface area contributed by atoms with E-state index in [0.717, 1.165) is 25.7 Å². The molecule has 2 rings (SSSR count). The molecule has 0 aliphatic heterocycles. The largest absolute Gasteiger partial charge is 0.465 e. The molecule has 1 aromatic carbocycles. The second-order valence-electron chi connectivity index (χ2n) is 7.06. The van der Waals surface area contributed by atoms with Crippen molar-refractivity contribution in [1.82, 2.24) is 0 Å². The number of esters is 1. The summed E-state index contributed by atoms with van der Waals surface area (Å²) in [5.74, 6) is 0.276. The monoisotopic (exact) mass is 318 g/mol. The van der Waals surface area contributed by atoms with Crippen molar-refractivity contribution in [3.8, 4) is 0 Å². The SMILES string of the molecule is CCCOC1CCCC1(Cc1ccccc1)C(=O)OCC(C)C. The Morgan fingerprint density at radius 2 is 2.04 bits per heavy atom. The predicted molar refractivity (Wildman–Crippen MR) is 92.3 cm³/mol. The van der Waals surface area contributed by atoms with Gasteiger partial charge in [-0.15, -0.1) is 0 Å². The molecule has 3 nitrogen and oxygen atoms in total. The van der Waals surface area contributed by atoms with Crippen molar-refractivity contribution in [1.29, 1.82) is 0 Å². The molecule has 1 aliphatic rings. The van der Waals surface area contributed by atoms with Crippen molar-refractivity contribution in [2.24, 2.45) is 11.3 Å². The van der Waals surface area contributed by atoms with Crippen molar-refractivity contribution in [3.63, 3.8) is 0 Å². The highest BCUT2D eigenvalue weighted by atomic mass is 16.5. The summed E-state index contributed by atoms with van der Waals surface area (Å²) in [5, 5.41) is 0. The Morgan fingerprint density at radius 1 is 1.30 bits per heavy atom. The molecular weight excluding hydrogens is 288 g/mol. The van der Waals surface area contributed by atoms with E-state index in [1.807, 2.05) is 18.2 Å². The lowest BCUT2D eigenvalue weighted by Gasteiger charge is -2.33. The summed E-state index contributed by atoms with van der Waals surface area (Å²) in [7, 11) is 0. The van der Waals surface area contributed by atoms with Gasteiger partial charge in [-0.25, -0.2) is 0 Å². The normalized spacial score (nSPS) is 24.1. The van der Waals surface area contributed by atoms with Crippen LogP contribution in [0.1, 0.15) is 52.0 Å². The number of hydrogen-bond donors (Lipinski definition) is 0. The fourth-order valence-electron chi connectivity index (χ4n) is 3.40. The fraction of sp³-hybridized carbons (Fsp3) is 0.650. The van der Waals surface area contributed by atoms with E-state index in [1.54, 1.807) is 0 Å². The zero-order chi connectivity index (χ0) is 16.7. The van der Waals surface area contributed by atoms with E-state index < -0.39 is 5.41 Å². The summed E-state index contributed by atoms with van der Waals surface area (Å²) in [6.07, 6.45) is 4.48. The third-order valence-electron chi connectivity index (χ3n) is 4.55. The van der Waals surface area contributed by atoms with Gasteiger partial charge < -0.3 is 9.47 Å². The number of benzene rings is 1. The number of hydrogen-bond acceptors (Lipinski definition) is 3. The van der Waals surface area contributed by atoms with E-state index in [-0.39, 0.29) is 12.1 Å². The first-order valence-electron chi connectivity index (χ1n) is 8.91. The Morgan fingerprint density at radius 3 is 2.70 bits per heavy atom. The topological polar surface area (TPSA) is 35.5 Å². The molecule has 3 heteroatoms. The zero-order valence-electron chi connectivity index (χ0n) is 14.7. The van der Waals surface area contributed by atoms with Crippen LogP contribution in [-0.4, -0.2) is 25.3 Å². The second kappa shape index (κ2) is 8.49. The maximum atomic E-state index is 12.9. The van der Waals surface area contributed by atoms with Crippen molar-refractivity contribution >= 4 is 5.97 Å². The summed E-state index contributed by atoms with van der Waals surface area (Å²) in [4.78, 5) is 12.9. The molecule has 0 spiro atoms. The van der Waals surface area contributed by atoms with Gasteiger partial charge in [0.15, 0.2) is 0 Å². The molecule has 23 heavy (non-hydrogen) atoms. The van der Waals surface area contributed by atoms with Gasteiger partial charge in [-0.05, 0) is 43.6 Å². The Balaban J connectivity index is 2.20. The molecule has 0 saturated heterocycles. The van der Waals surface area contributed by atoms with Crippen LogP contribution in [0.2, 0.25) is 0 Å². The lowest BCUT2D eigenvalue weighted by Crippen LogP contribution is -2.43. The summed E-state index contributed by atoms with van der Waals surface area (Å²) >= 11 is 0. The predicted octanol–water partition coefficient (Wildman–Crippen LogP) is 4.39. The van der Waals surface area contributed by atoms with Crippen molar-refractivity contribution < 1.29 is 14.3 Å². The molecular formula is C20H30O3. The van der Waals surface area contributed by atoms with Gasteiger partial charge in [0.2, 0.25) is 0 Å². The average Bonchev–Trinajstić information content (AvgIpc) is 2.95. The summed E-state index contributed by atoms with van der Waals surface area (Å²) in [5.41, 5.74) is 0.659. The van der Waals surface area contributed by atoms with E-state index in [1.165, 1.54) is 5.56 Å². The molecule has 2 atom stereocenters. The molecule has 0 amide bonds. The van der Waals surface area contributed by atoms with Crippen LogP contribution in [0.3, 0.4) is 0 Å². The van der Waals surface area contributed by atoms with Crippen LogP contribution in [-0.2, 0) is 20.7 Å². The van der Waals surface area contributed by atoms with Crippen LogP contribution in [0.4, 0.5) is 0 Å². The summed E-state index contributed by atoms with van der Waals surface area (Å²) in [6.45, 7) is 7.42. The standard InChI is InChI=1S/C20H30O3/c1-4-13-22-18-11-8-12-20(18,19(21)23-15-16(2)3)14-17-9-6-5-7-10-17/h5-7,9-10,16,18H,4,8,11-15H2,1-3H3. The minimum Gasteiger partial charge on any atom is -0.465 e. The molecule has 1 aliphatic carbocycles. The molecule has 0 heterocycles. The van der Waals surface area contributed by atoms with Gasteiger partial charge in [0.05, 0.1) is 18.1 Å². The molecule has 0 bridgehead atoms. The fourth-order valence-corrected chi connectivity index (χ4v) is 3.40. The Hall–Kier alpha value is -1.35. The van der Waals surface area contributed by atoms with E-state index in [4.69, 9.17) is 9.47 Å². The lowest BCUT2D eigenvalue weighted by atomic mass is 9.78.